The van der Waals surface area contributed by atoms with Crippen LogP contribution in [0.15, 0.2) is 65.5 Å². The number of aromatic amines is 2. The van der Waals surface area contributed by atoms with Crippen LogP contribution in [0, 0.1) is 0 Å². The molecule has 0 saturated heterocycles. The highest BCUT2D eigenvalue weighted by Crippen LogP contribution is 2.23. The number of hydrogen-bond donors (Lipinski definition) is 4. The van der Waals surface area contributed by atoms with E-state index in [0.717, 1.165) is 16.7 Å². The number of hydrogen-bond acceptors (Lipinski definition) is 4. The number of carbonyl (C=O) groups excluding carboxylic acids is 2. The standard InChI is InChI=1S/C26H24N4O4/c31-11-9-16-2-1-3-21(12-16)27-24(32)18-5-4-17-8-10-30(15-20(17)13-18)25(33)19-6-7-22-23(14-19)29-26(34)28-22/h1-7,12-14,31H,8-11,15H2,(H,27,32)(H2,28,29,34). The summed E-state index contributed by atoms with van der Waals surface area (Å²) in [6.07, 6.45) is 1.23. The normalized spacial score (nSPS) is 13.0. The van der Waals surface area contributed by atoms with E-state index in [2.05, 4.69) is 15.3 Å². The lowest BCUT2D eigenvalue weighted by atomic mass is 9.96. The number of amides is 2. The lowest BCUT2D eigenvalue weighted by molar-refractivity contribution is 0.0735. The fraction of sp³-hybridized carbons (Fsp3) is 0.192. The number of carbonyl (C=O) groups is 2. The van der Waals surface area contributed by atoms with Crippen molar-refractivity contribution >= 4 is 28.5 Å². The van der Waals surface area contributed by atoms with E-state index in [4.69, 9.17) is 5.11 Å². The van der Waals surface area contributed by atoms with Crippen LogP contribution in [-0.2, 0) is 19.4 Å². The first kappa shape index (κ1) is 21.7. The molecule has 0 unspecified atom stereocenters. The number of nitrogens with zero attached hydrogens (tertiary/aromatic N) is 1. The van der Waals surface area contributed by atoms with Crippen LogP contribution in [0.4, 0.5) is 5.69 Å². The molecule has 8 nitrogen and oxygen atoms in total. The van der Waals surface area contributed by atoms with Crippen molar-refractivity contribution in [1.82, 2.24) is 14.9 Å². The van der Waals surface area contributed by atoms with Gasteiger partial charge in [0.05, 0.1) is 11.0 Å². The van der Waals surface area contributed by atoms with Crippen molar-refractivity contribution in [3.63, 3.8) is 0 Å². The van der Waals surface area contributed by atoms with Crippen molar-refractivity contribution in [2.75, 3.05) is 18.5 Å². The molecule has 0 spiro atoms. The monoisotopic (exact) mass is 456 g/mol. The summed E-state index contributed by atoms with van der Waals surface area (Å²) in [6.45, 7) is 1.04. The van der Waals surface area contributed by atoms with E-state index in [1.165, 1.54) is 0 Å². The molecule has 1 aliphatic heterocycles. The maximum atomic E-state index is 13.1. The number of benzene rings is 3. The molecule has 4 N–H and O–H groups in total. The first-order valence-electron chi connectivity index (χ1n) is 11.1. The maximum absolute atomic E-state index is 13.1. The number of aliphatic hydroxyl groups excluding tert-OH is 1. The summed E-state index contributed by atoms with van der Waals surface area (Å²) in [5.74, 6) is -0.348. The summed E-state index contributed by atoms with van der Waals surface area (Å²) >= 11 is 0. The minimum Gasteiger partial charge on any atom is -0.396 e. The molecule has 172 valence electrons. The molecule has 0 radical (unpaired) electrons. The lowest BCUT2D eigenvalue weighted by Crippen LogP contribution is -2.36. The highest BCUT2D eigenvalue weighted by molar-refractivity contribution is 6.04. The van der Waals surface area contributed by atoms with Gasteiger partial charge in [-0.3, -0.25) is 9.59 Å². The molecule has 8 heteroatoms. The molecule has 3 aromatic carbocycles. The van der Waals surface area contributed by atoms with Crippen LogP contribution in [0.2, 0.25) is 0 Å². The van der Waals surface area contributed by atoms with Gasteiger partial charge in [-0.05, 0) is 72.0 Å². The van der Waals surface area contributed by atoms with Crippen molar-refractivity contribution in [3.05, 3.63) is 99.0 Å². The van der Waals surface area contributed by atoms with Crippen molar-refractivity contribution in [2.45, 2.75) is 19.4 Å². The van der Waals surface area contributed by atoms with Crippen LogP contribution in [0.5, 0.6) is 0 Å². The molecule has 5 rings (SSSR count). The number of imidazole rings is 1. The van der Waals surface area contributed by atoms with E-state index < -0.39 is 0 Å². The number of aliphatic hydroxyl groups is 1. The number of fused-ring (bicyclic) bond motifs is 2. The minimum atomic E-state index is -0.308. The van der Waals surface area contributed by atoms with Crippen LogP contribution < -0.4 is 11.0 Å². The van der Waals surface area contributed by atoms with Gasteiger partial charge < -0.3 is 25.3 Å². The Hall–Kier alpha value is -4.17. The average molecular weight is 457 g/mol. The van der Waals surface area contributed by atoms with E-state index in [1.54, 1.807) is 29.2 Å². The van der Waals surface area contributed by atoms with Crippen molar-refractivity contribution in [2.24, 2.45) is 0 Å². The first-order chi connectivity index (χ1) is 16.5. The van der Waals surface area contributed by atoms with Crippen LogP contribution >= 0.6 is 0 Å². The zero-order valence-corrected chi connectivity index (χ0v) is 18.4. The third-order valence-corrected chi connectivity index (χ3v) is 6.12. The zero-order valence-electron chi connectivity index (χ0n) is 18.4. The largest absolute Gasteiger partial charge is 0.396 e. The molecular weight excluding hydrogens is 432 g/mol. The quantitative estimate of drug-likeness (QED) is 0.369. The Morgan fingerprint density at radius 1 is 0.941 bits per heavy atom. The number of anilines is 1. The maximum Gasteiger partial charge on any atom is 0.323 e. The summed E-state index contributed by atoms with van der Waals surface area (Å²) in [5, 5.41) is 12.0. The molecule has 34 heavy (non-hydrogen) atoms. The van der Waals surface area contributed by atoms with Gasteiger partial charge in [0.1, 0.15) is 0 Å². The minimum absolute atomic E-state index is 0.0500. The third-order valence-electron chi connectivity index (χ3n) is 6.12. The van der Waals surface area contributed by atoms with E-state index in [9.17, 15) is 14.4 Å². The summed E-state index contributed by atoms with van der Waals surface area (Å²) in [7, 11) is 0. The second kappa shape index (κ2) is 8.99. The van der Waals surface area contributed by atoms with Gasteiger partial charge in [0, 0.05) is 36.5 Å². The molecule has 2 amide bonds. The Morgan fingerprint density at radius 3 is 2.62 bits per heavy atom. The summed E-state index contributed by atoms with van der Waals surface area (Å²) in [4.78, 5) is 44.6. The first-order valence-corrected chi connectivity index (χ1v) is 11.1. The Morgan fingerprint density at radius 2 is 1.76 bits per heavy atom. The number of aromatic nitrogens is 2. The highest BCUT2D eigenvalue weighted by atomic mass is 16.3. The Kier molecular flexibility index (Phi) is 5.73. The molecule has 4 aromatic rings. The van der Waals surface area contributed by atoms with Gasteiger partial charge in [0.2, 0.25) is 0 Å². The fourth-order valence-corrected chi connectivity index (χ4v) is 4.36. The molecule has 0 saturated carbocycles. The lowest BCUT2D eigenvalue weighted by Gasteiger charge is -2.29. The SMILES string of the molecule is O=C(Nc1cccc(CCO)c1)c1ccc2c(c1)CN(C(=O)c1ccc3[nH]c(=O)[nH]c3c1)CC2. The third kappa shape index (κ3) is 4.35. The molecule has 2 heterocycles. The molecule has 1 aliphatic rings. The van der Waals surface area contributed by atoms with Gasteiger partial charge in [-0.25, -0.2) is 4.79 Å². The van der Waals surface area contributed by atoms with Gasteiger partial charge in [0.25, 0.3) is 11.8 Å². The predicted octanol–water partition coefficient (Wildman–Crippen LogP) is 2.84. The Bertz CT molecular complexity index is 1450. The molecule has 0 atom stereocenters. The van der Waals surface area contributed by atoms with Crippen LogP contribution in [-0.4, -0.2) is 44.9 Å². The van der Waals surface area contributed by atoms with E-state index >= 15 is 0 Å². The predicted molar refractivity (Wildman–Crippen MR) is 129 cm³/mol. The van der Waals surface area contributed by atoms with Crippen LogP contribution in [0.3, 0.4) is 0 Å². The summed E-state index contributed by atoms with van der Waals surface area (Å²) < 4.78 is 0. The topological polar surface area (TPSA) is 118 Å². The Labute approximate surface area is 195 Å². The fourth-order valence-electron chi connectivity index (χ4n) is 4.36. The van der Waals surface area contributed by atoms with Crippen molar-refractivity contribution < 1.29 is 14.7 Å². The van der Waals surface area contributed by atoms with E-state index in [-0.39, 0.29) is 24.1 Å². The number of nitrogens with one attached hydrogen (secondary N) is 3. The number of rotatable bonds is 5. The highest BCUT2D eigenvalue weighted by Gasteiger charge is 2.23. The van der Waals surface area contributed by atoms with Gasteiger partial charge in [-0.2, -0.15) is 0 Å². The van der Waals surface area contributed by atoms with Crippen LogP contribution in [0.1, 0.15) is 37.4 Å². The van der Waals surface area contributed by atoms with Gasteiger partial charge in [0.15, 0.2) is 0 Å². The number of H-pyrrole nitrogens is 2. The van der Waals surface area contributed by atoms with Gasteiger partial charge in [-0.15, -0.1) is 0 Å². The molecule has 0 aliphatic carbocycles. The average Bonchev–Trinajstić information content (AvgIpc) is 3.22. The van der Waals surface area contributed by atoms with Crippen LogP contribution in [0.25, 0.3) is 11.0 Å². The van der Waals surface area contributed by atoms with E-state index in [0.29, 0.717) is 53.8 Å². The molecule has 1 aromatic heterocycles. The summed E-state index contributed by atoms with van der Waals surface area (Å²) in [6, 6.07) is 18.1. The molecule has 0 bridgehead atoms. The smallest absolute Gasteiger partial charge is 0.323 e. The zero-order chi connectivity index (χ0) is 23.7. The summed E-state index contributed by atoms with van der Waals surface area (Å²) in [5.41, 5.74) is 5.64. The van der Waals surface area contributed by atoms with Gasteiger partial charge >= 0.3 is 5.69 Å². The van der Waals surface area contributed by atoms with Crippen molar-refractivity contribution in [3.8, 4) is 0 Å². The molecule has 0 fully saturated rings. The van der Waals surface area contributed by atoms with Crippen molar-refractivity contribution in [1.29, 1.82) is 0 Å². The van der Waals surface area contributed by atoms with Gasteiger partial charge in [-0.1, -0.05) is 18.2 Å². The Balaban J connectivity index is 1.33. The second-order valence-electron chi connectivity index (χ2n) is 8.43. The second-order valence-corrected chi connectivity index (χ2v) is 8.43. The molecular formula is C26H24N4O4. The van der Waals surface area contributed by atoms with E-state index in [1.807, 2.05) is 36.4 Å².